The average Bonchev–Trinajstić information content (AvgIpc) is 2.73. The van der Waals surface area contributed by atoms with Gasteiger partial charge in [0.2, 0.25) is 0 Å². The van der Waals surface area contributed by atoms with Gasteiger partial charge in [-0.15, -0.1) is 0 Å². The van der Waals surface area contributed by atoms with Crippen molar-refractivity contribution in [1.82, 2.24) is 0 Å². The van der Waals surface area contributed by atoms with Crippen LogP contribution < -0.4 is 9.47 Å². The first-order chi connectivity index (χ1) is 13.6. The number of ketones is 1. The summed E-state index contributed by atoms with van der Waals surface area (Å²) in [6.45, 7) is 1.99. The first kappa shape index (κ1) is 19.7. The summed E-state index contributed by atoms with van der Waals surface area (Å²) >= 11 is 0. The monoisotopic (exact) mass is 380 g/mol. The van der Waals surface area contributed by atoms with E-state index in [0.717, 1.165) is 16.7 Å². The molecule has 0 spiro atoms. The van der Waals surface area contributed by atoms with E-state index in [-0.39, 0.29) is 18.3 Å². The van der Waals surface area contributed by atoms with Crippen molar-refractivity contribution in [3.05, 3.63) is 65.7 Å². The van der Waals surface area contributed by atoms with Crippen LogP contribution in [0.5, 0.6) is 11.5 Å². The van der Waals surface area contributed by atoms with Gasteiger partial charge < -0.3 is 14.2 Å². The molecular weight excluding hydrogens is 356 g/mol. The Morgan fingerprint density at radius 3 is 2.25 bits per heavy atom. The third kappa shape index (κ3) is 4.09. The van der Waals surface area contributed by atoms with Crippen molar-refractivity contribution in [3.63, 3.8) is 0 Å². The van der Waals surface area contributed by atoms with Crippen LogP contribution in [0.3, 0.4) is 0 Å². The van der Waals surface area contributed by atoms with E-state index >= 15 is 0 Å². The summed E-state index contributed by atoms with van der Waals surface area (Å²) in [5.41, 5.74) is 2.62. The zero-order valence-corrected chi connectivity index (χ0v) is 16.3. The van der Waals surface area contributed by atoms with Crippen LogP contribution in [-0.2, 0) is 14.3 Å². The molecule has 2 aromatic carbocycles. The highest BCUT2D eigenvalue weighted by molar-refractivity contribution is 6.10. The Hall–Kier alpha value is -3.08. The second-order valence-electron chi connectivity index (χ2n) is 6.62. The fourth-order valence-corrected chi connectivity index (χ4v) is 3.59. The maximum Gasteiger partial charge on any atom is 0.317 e. The molecule has 2 atom stereocenters. The zero-order chi connectivity index (χ0) is 20.1. The predicted octanol–water partition coefficient (Wildman–Crippen LogP) is 4.02. The van der Waals surface area contributed by atoms with Crippen LogP contribution in [0.15, 0.2) is 54.6 Å². The number of rotatable bonds is 6. The van der Waals surface area contributed by atoms with E-state index in [1.807, 2.05) is 42.5 Å². The summed E-state index contributed by atoms with van der Waals surface area (Å²) in [6.07, 6.45) is 2.09. The minimum absolute atomic E-state index is 0.240. The largest absolute Gasteiger partial charge is 0.497 e. The molecule has 0 saturated heterocycles. The van der Waals surface area contributed by atoms with Crippen LogP contribution in [0.1, 0.15) is 30.4 Å². The highest BCUT2D eigenvalue weighted by atomic mass is 16.5. The Balaban J connectivity index is 2.04. The van der Waals surface area contributed by atoms with Gasteiger partial charge in [-0.05, 0) is 48.3 Å². The number of allylic oxidation sites excluding steroid dienone is 2. The van der Waals surface area contributed by atoms with Gasteiger partial charge in [0.25, 0.3) is 0 Å². The van der Waals surface area contributed by atoms with Gasteiger partial charge in [0.1, 0.15) is 17.4 Å². The van der Waals surface area contributed by atoms with Gasteiger partial charge in [-0.25, -0.2) is 0 Å². The van der Waals surface area contributed by atoms with Crippen molar-refractivity contribution in [2.75, 3.05) is 20.8 Å². The predicted molar refractivity (Wildman–Crippen MR) is 106 cm³/mol. The van der Waals surface area contributed by atoms with Crippen molar-refractivity contribution >= 4 is 17.3 Å². The molecule has 2 aromatic rings. The summed E-state index contributed by atoms with van der Waals surface area (Å²) in [4.78, 5) is 25.5. The molecule has 0 amide bonds. The lowest BCUT2D eigenvalue weighted by Crippen LogP contribution is -2.34. The van der Waals surface area contributed by atoms with Crippen molar-refractivity contribution in [2.45, 2.75) is 19.3 Å². The van der Waals surface area contributed by atoms with Gasteiger partial charge in [0.15, 0.2) is 5.78 Å². The number of esters is 1. The van der Waals surface area contributed by atoms with Gasteiger partial charge in [0.05, 0.1) is 20.8 Å². The minimum atomic E-state index is -0.835. The van der Waals surface area contributed by atoms with Gasteiger partial charge in [0, 0.05) is 12.0 Å². The van der Waals surface area contributed by atoms with Crippen molar-refractivity contribution in [3.8, 4) is 11.5 Å². The van der Waals surface area contributed by atoms with E-state index in [4.69, 9.17) is 14.2 Å². The fraction of sp³-hybridized carbons (Fsp3) is 0.304. The van der Waals surface area contributed by atoms with Crippen LogP contribution in [0, 0.1) is 5.92 Å². The number of hydrogen-bond acceptors (Lipinski definition) is 5. The number of hydrogen-bond donors (Lipinski definition) is 0. The van der Waals surface area contributed by atoms with Crippen LogP contribution >= 0.6 is 0 Å². The summed E-state index contributed by atoms with van der Waals surface area (Å²) in [6, 6.07) is 15.1. The first-order valence-electron chi connectivity index (χ1n) is 9.26. The van der Waals surface area contributed by atoms with Gasteiger partial charge >= 0.3 is 5.97 Å². The van der Waals surface area contributed by atoms with E-state index in [9.17, 15) is 9.59 Å². The first-order valence-corrected chi connectivity index (χ1v) is 9.26. The third-order valence-electron chi connectivity index (χ3n) is 4.96. The molecule has 1 aliphatic rings. The SMILES string of the molecule is CCOC(=O)C1C(=O)C=C(c2cc(OC)cc(OC)c2)CC1c1ccccc1. The maximum absolute atomic E-state index is 12.9. The average molecular weight is 380 g/mol. The van der Waals surface area contributed by atoms with E-state index < -0.39 is 11.9 Å². The standard InChI is InChI=1S/C23H24O5/c1-4-28-23(25)22-20(15-8-6-5-7-9-15)12-17(13-21(22)24)16-10-18(26-2)14-19(11-16)27-3/h5-11,13-14,20,22H,4,12H2,1-3H3. The lowest BCUT2D eigenvalue weighted by Gasteiger charge is -2.29. The molecule has 3 rings (SSSR count). The quantitative estimate of drug-likeness (QED) is 0.559. The molecule has 2 unspecified atom stereocenters. The van der Waals surface area contributed by atoms with Crippen molar-refractivity contribution < 1.29 is 23.8 Å². The summed E-state index contributed by atoms with van der Waals surface area (Å²) < 4.78 is 15.9. The van der Waals surface area contributed by atoms with E-state index in [1.165, 1.54) is 0 Å². The maximum atomic E-state index is 12.9. The Morgan fingerprint density at radius 1 is 1.04 bits per heavy atom. The smallest absolute Gasteiger partial charge is 0.317 e. The molecule has 0 aromatic heterocycles. The molecule has 5 heteroatoms. The van der Waals surface area contributed by atoms with Gasteiger partial charge in [-0.2, -0.15) is 0 Å². The Labute approximate surface area is 164 Å². The Kier molecular flexibility index (Phi) is 6.14. The number of carbonyl (C=O) groups is 2. The molecule has 0 heterocycles. The summed E-state index contributed by atoms with van der Waals surface area (Å²) in [5.74, 6) is -0.545. The van der Waals surface area contributed by atoms with Gasteiger partial charge in [-0.3, -0.25) is 9.59 Å². The van der Waals surface area contributed by atoms with Crippen LogP contribution in [0.25, 0.3) is 5.57 Å². The zero-order valence-electron chi connectivity index (χ0n) is 16.3. The molecule has 0 saturated carbocycles. The molecule has 0 N–H and O–H groups in total. The molecule has 0 radical (unpaired) electrons. The molecule has 28 heavy (non-hydrogen) atoms. The molecule has 0 bridgehead atoms. The van der Waals surface area contributed by atoms with E-state index in [0.29, 0.717) is 17.9 Å². The van der Waals surface area contributed by atoms with E-state index in [1.54, 1.807) is 33.3 Å². The number of benzene rings is 2. The fourth-order valence-electron chi connectivity index (χ4n) is 3.59. The summed E-state index contributed by atoms with van der Waals surface area (Å²) in [5, 5.41) is 0. The molecule has 0 aliphatic heterocycles. The highest BCUT2D eigenvalue weighted by Crippen LogP contribution is 2.41. The molecule has 1 aliphatic carbocycles. The Morgan fingerprint density at radius 2 is 1.68 bits per heavy atom. The molecule has 0 fully saturated rings. The normalized spacial score (nSPS) is 19.0. The molecular formula is C23H24O5. The van der Waals surface area contributed by atoms with Crippen LogP contribution in [0.2, 0.25) is 0 Å². The topological polar surface area (TPSA) is 61.8 Å². The van der Waals surface area contributed by atoms with Crippen LogP contribution in [-0.4, -0.2) is 32.6 Å². The number of methoxy groups -OCH3 is 2. The highest BCUT2D eigenvalue weighted by Gasteiger charge is 2.39. The molecule has 146 valence electrons. The lowest BCUT2D eigenvalue weighted by atomic mass is 9.73. The molecule has 5 nitrogen and oxygen atoms in total. The van der Waals surface area contributed by atoms with Gasteiger partial charge in [-0.1, -0.05) is 30.3 Å². The number of ether oxygens (including phenoxy) is 3. The van der Waals surface area contributed by atoms with Crippen molar-refractivity contribution in [1.29, 1.82) is 0 Å². The Bertz CT molecular complexity index is 863. The van der Waals surface area contributed by atoms with E-state index in [2.05, 4.69) is 0 Å². The lowest BCUT2D eigenvalue weighted by molar-refractivity contribution is -0.151. The second-order valence-corrected chi connectivity index (χ2v) is 6.62. The third-order valence-corrected chi connectivity index (χ3v) is 4.96. The van der Waals surface area contributed by atoms with Crippen LogP contribution in [0.4, 0.5) is 0 Å². The minimum Gasteiger partial charge on any atom is -0.497 e. The second kappa shape index (κ2) is 8.74. The van der Waals surface area contributed by atoms with Crippen molar-refractivity contribution in [2.24, 2.45) is 5.92 Å². The number of carbonyl (C=O) groups excluding carboxylic acids is 2. The summed E-state index contributed by atoms with van der Waals surface area (Å²) in [7, 11) is 3.17.